The van der Waals surface area contributed by atoms with Gasteiger partial charge in [-0.3, -0.25) is 9.69 Å². The largest absolute Gasteiger partial charge is 0.426 e. The van der Waals surface area contributed by atoms with Crippen LogP contribution in [0.4, 0.5) is 5.69 Å². The standard InChI is InChI=1S/C22H26N2O2/c1-15-7-5-6-8-16(15)13-20(25)26-17-9-10-19-18(14-17)22(2)11-12-23(3)21(22)24(19)4/h5-10,14,21H,11-13H2,1-4H3/t21?,22-/m0/s1. The fraction of sp³-hybridized carbons (Fsp3) is 0.409. The Bertz CT molecular complexity index is 863. The van der Waals surface area contributed by atoms with Crippen molar-refractivity contribution in [2.45, 2.75) is 38.3 Å². The quantitative estimate of drug-likeness (QED) is 0.626. The molecule has 2 aromatic carbocycles. The van der Waals surface area contributed by atoms with Crippen LogP contribution in [-0.4, -0.2) is 37.7 Å². The first-order chi connectivity index (χ1) is 12.4. The number of hydrogen-bond acceptors (Lipinski definition) is 4. The highest BCUT2D eigenvalue weighted by Gasteiger charge is 2.52. The van der Waals surface area contributed by atoms with Crippen molar-refractivity contribution < 1.29 is 9.53 Å². The van der Waals surface area contributed by atoms with Crippen molar-refractivity contribution >= 4 is 11.7 Å². The van der Waals surface area contributed by atoms with Crippen molar-refractivity contribution in [2.24, 2.45) is 0 Å². The second kappa shape index (κ2) is 6.13. The molecule has 4 nitrogen and oxygen atoms in total. The molecule has 2 atom stereocenters. The molecule has 0 amide bonds. The van der Waals surface area contributed by atoms with Gasteiger partial charge in [-0.05, 0) is 55.3 Å². The normalized spacial score (nSPS) is 24.5. The zero-order valence-electron chi connectivity index (χ0n) is 16.0. The molecule has 1 saturated heterocycles. The van der Waals surface area contributed by atoms with Gasteiger partial charge in [-0.25, -0.2) is 0 Å². The van der Waals surface area contributed by atoms with Crippen LogP contribution in [-0.2, 0) is 16.6 Å². The van der Waals surface area contributed by atoms with Gasteiger partial charge in [0.05, 0.1) is 12.6 Å². The summed E-state index contributed by atoms with van der Waals surface area (Å²) in [4.78, 5) is 17.2. The van der Waals surface area contributed by atoms with E-state index < -0.39 is 0 Å². The van der Waals surface area contributed by atoms with Crippen LogP contribution in [0.5, 0.6) is 5.75 Å². The van der Waals surface area contributed by atoms with Crippen LogP contribution in [0.3, 0.4) is 0 Å². The zero-order chi connectivity index (χ0) is 18.5. The van der Waals surface area contributed by atoms with Crippen molar-refractivity contribution in [3.05, 3.63) is 59.2 Å². The molecule has 2 heterocycles. The molecular weight excluding hydrogens is 324 g/mol. The minimum atomic E-state index is -0.212. The average Bonchev–Trinajstić information content (AvgIpc) is 3.03. The molecule has 0 N–H and O–H groups in total. The SMILES string of the molecule is Cc1ccccc1CC(=O)Oc1ccc2c(c1)[C@]1(C)CCN(C)C1N2C. The van der Waals surface area contributed by atoms with Crippen LogP contribution in [0.1, 0.15) is 30.0 Å². The van der Waals surface area contributed by atoms with Gasteiger partial charge in [-0.15, -0.1) is 0 Å². The maximum absolute atomic E-state index is 12.4. The van der Waals surface area contributed by atoms with Crippen molar-refractivity contribution in [3.63, 3.8) is 0 Å². The molecule has 2 aliphatic rings. The van der Waals surface area contributed by atoms with Gasteiger partial charge >= 0.3 is 5.97 Å². The number of nitrogens with zero attached hydrogens (tertiary/aromatic N) is 2. The van der Waals surface area contributed by atoms with Crippen molar-refractivity contribution in [1.82, 2.24) is 4.90 Å². The Balaban J connectivity index is 1.56. The summed E-state index contributed by atoms with van der Waals surface area (Å²) in [6.45, 7) is 5.43. The summed E-state index contributed by atoms with van der Waals surface area (Å²) in [5, 5.41) is 0. The molecule has 2 aromatic rings. The van der Waals surface area contributed by atoms with Crippen LogP contribution >= 0.6 is 0 Å². The molecule has 0 saturated carbocycles. The van der Waals surface area contributed by atoms with E-state index in [0.717, 1.165) is 24.1 Å². The summed E-state index contributed by atoms with van der Waals surface area (Å²) in [6, 6.07) is 14.0. The third kappa shape index (κ3) is 2.60. The molecule has 1 unspecified atom stereocenters. The number of anilines is 1. The van der Waals surface area contributed by atoms with E-state index in [1.165, 1.54) is 11.3 Å². The number of carbonyl (C=O) groups excluding carboxylic acids is 1. The first-order valence-electron chi connectivity index (χ1n) is 9.23. The van der Waals surface area contributed by atoms with Crippen molar-refractivity contribution in [1.29, 1.82) is 0 Å². The number of likely N-dealkylation sites (N-methyl/N-ethyl adjacent to an activating group) is 2. The average molecular weight is 350 g/mol. The first-order valence-corrected chi connectivity index (χ1v) is 9.23. The molecule has 2 aliphatic heterocycles. The summed E-state index contributed by atoms with van der Waals surface area (Å²) < 4.78 is 5.68. The summed E-state index contributed by atoms with van der Waals surface area (Å²) in [5.41, 5.74) is 4.74. The predicted octanol–water partition coefficient (Wildman–Crippen LogP) is 3.51. The Labute approximate surface area is 155 Å². The number of likely N-dealkylation sites (tertiary alicyclic amines) is 1. The molecular formula is C22H26N2O2. The highest BCUT2D eigenvalue weighted by molar-refractivity contribution is 5.76. The van der Waals surface area contributed by atoms with Gasteiger partial charge in [0.25, 0.3) is 0 Å². The first kappa shape index (κ1) is 17.1. The van der Waals surface area contributed by atoms with E-state index in [2.05, 4.69) is 43.0 Å². The van der Waals surface area contributed by atoms with Gasteiger partial charge in [-0.1, -0.05) is 31.2 Å². The molecule has 0 bridgehead atoms. The number of carbonyl (C=O) groups is 1. The highest BCUT2D eigenvalue weighted by atomic mass is 16.5. The fourth-order valence-electron chi connectivity index (χ4n) is 4.75. The van der Waals surface area contributed by atoms with E-state index in [-0.39, 0.29) is 11.4 Å². The van der Waals surface area contributed by atoms with Crippen molar-refractivity contribution in [3.8, 4) is 5.75 Å². The van der Waals surface area contributed by atoms with E-state index in [1.807, 2.05) is 37.3 Å². The van der Waals surface area contributed by atoms with E-state index in [9.17, 15) is 4.79 Å². The van der Waals surface area contributed by atoms with Gasteiger partial charge in [0.2, 0.25) is 0 Å². The van der Waals surface area contributed by atoms with Crippen LogP contribution in [0.2, 0.25) is 0 Å². The van der Waals surface area contributed by atoms with E-state index in [4.69, 9.17) is 4.74 Å². The summed E-state index contributed by atoms with van der Waals surface area (Å²) in [7, 11) is 4.34. The lowest BCUT2D eigenvalue weighted by Crippen LogP contribution is -2.45. The predicted molar refractivity (Wildman–Crippen MR) is 104 cm³/mol. The Hall–Kier alpha value is -2.33. The molecule has 0 radical (unpaired) electrons. The lowest BCUT2D eigenvalue weighted by atomic mass is 9.81. The topological polar surface area (TPSA) is 32.8 Å². The van der Waals surface area contributed by atoms with Crippen molar-refractivity contribution in [2.75, 3.05) is 25.5 Å². The Morgan fingerprint density at radius 3 is 2.77 bits per heavy atom. The summed E-state index contributed by atoms with van der Waals surface area (Å²) in [5.74, 6) is 0.433. The molecule has 4 rings (SSSR count). The fourth-order valence-corrected chi connectivity index (χ4v) is 4.75. The van der Waals surface area contributed by atoms with Gasteiger partial charge in [-0.2, -0.15) is 0 Å². The van der Waals surface area contributed by atoms with Crippen LogP contribution in [0.25, 0.3) is 0 Å². The molecule has 0 aliphatic carbocycles. The molecule has 0 aromatic heterocycles. The van der Waals surface area contributed by atoms with E-state index in [1.54, 1.807) is 0 Å². The van der Waals surface area contributed by atoms with Crippen LogP contribution < -0.4 is 9.64 Å². The number of ether oxygens (including phenoxy) is 1. The molecule has 4 heteroatoms. The molecule has 1 fully saturated rings. The molecule has 136 valence electrons. The second-order valence-electron chi connectivity index (χ2n) is 7.89. The monoisotopic (exact) mass is 350 g/mol. The number of aryl methyl sites for hydroxylation is 1. The van der Waals surface area contributed by atoms with Gasteiger partial charge in [0.15, 0.2) is 0 Å². The number of benzene rings is 2. The minimum Gasteiger partial charge on any atom is -0.426 e. The summed E-state index contributed by atoms with van der Waals surface area (Å²) >= 11 is 0. The maximum Gasteiger partial charge on any atom is 0.315 e. The van der Waals surface area contributed by atoms with Crippen LogP contribution in [0, 0.1) is 6.92 Å². The lowest BCUT2D eigenvalue weighted by molar-refractivity contribution is -0.133. The smallest absolute Gasteiger partial charge is 0.315 e. The van der Waals surface area contributed by atoms with Gasteiger partial charge in [0, 0.05) is 24.7 Å². The third-order valence-corrected chi connectivity index (χ3v) is 6.13. The van der Waals surface area contributed by atoms with Crippen LogP contribution in [0.15, 0.2) is 42.5 Å². The van der Waals surface area contributed by atoms with E-state index >= 15 is 0 Å². The number of esters is 1. The lowest BCUT2D eigenvalue weighted by Gasteiger charge is -2.32. The Kier molecular flexibility index (Phi) is 4.03. The molecule has 0 spiro atoms. The minimum absolute atomic E-state index is 0.0806. The summed E-state index contributed by atoms with van der Waals surface area (Å²) in [6.07, 6.45) is 1.79. The Morgan fingerprint density at radius 1 is 1.23 bits per heavy atom. The third-order valence-electron chi connectivity index (χ3n) is 6.13. The zero-order valence-corrected chi connectivity index (χ0v) is 16.0. The van der Waals surface area contributed by atoms with E-state index in [0.29, 0.717) is 18.3 Å². The Morgan fingerprint density at radius 2 is 2.00 bits per heavy atom. The number of fused-ring (bicyclic) bond motifs is 3. The maximum atomic E-state index is 12.4. The number of rotatable bonds is 3. The molecule has 26 heavy (non-hydrogen) atoms. The number of hydrogen-bond donors (Lipinski definition) is 0. The van der Waals surface area contributed by atoms with Gasteiger partial charge in [0.1, 0.15) is 5.75 Å². The second-order valence-corrected chi connectivity index (χ2v) is 7.89. The van der Waals surface area contributed by atoms with Gasteiger partial charge < -0.3 is 9.64 Å². The highest BCUT2D eigenvalue weighted by Crippen LogP contribution is 2.51.